The van der Waals surface area contributed by atoms with Gasteiger partial charge in [0.2, 0.25) is 0 Å². The van der Waals surface area contributed by atoms with Crippen molar-refractivity contribution < 1.29 is 8.83 Å². The molecule has 21 heavy (non-hydrogen) atoms. The lowest BCUT2D eigenvalue weighted by molar-refractivity contribution is 0.408. The summed E-state index contributed by atoms with van der Waals surface area (Å²) < 4.78 is 11.6. The highest BCUT2D eigenvalue weighted by Crippen LogP contribution is 2.41. The zero-order valence-corrected chi connectivity index (χ0v) is 13.2. The van der Waals surface area contributed by atoms with Crippen molar-refractivity contribution in [3.05, 3.63) is 60.6 Å². The van der Waals surface area contributed by atoms with Crippen molar-refractivity contribution in [2.24, 2.45) is 0 Å². The zero-order chi connectivity index (χ0) is 14.9. The van der Waals surface area contributed by atoms with Gasteiger partial charge in [-0.2, -0.15) is 0 Å². The average Bonchev–Trinajstić information content (AvgIpc) is 3.07. The molecule has 3 aromatic rings. The molecule has 0 aliphatic carbocycles. The van der Waals surface area contributed by atoms with Gasteiger partial charge in [0.1, 0.15) is 5.76 Å². The van der Waals surface area contributed by atoms with E-state index in [1.807, 2.05) is 30.3 Å². The smallest absolute Gasteiger partial charge is 0.183 e. The fraction of sp³-hybridized carbons (Fsp3) is 0.222. The minimum atomic E-state index is -0.0309. The fourth-order valence-corrected chi connectivity index (χ4v) is 2.96. The highest BCUT2D eigenvalue weighted by atomic mass is 32.2. The molecule has 0 radical (unpaired) electrons. The Labute approximate surface area is 129 Å². The molecule has 0 unspecified atom stereocenters. The molecule has 1 aromatic carbocycles. The molecule has 108 valence electrons. The molecule has 0 fully saturated rings. The topological polar surface area (TPSA) is 26.3 Å². The molecule has 2 heterocycles. The van der Waals surface area contributed by atoms with Gasteiger partial charge in [-0.15, -0.1) is 0 Å². The Bertz CT molecular complexity index is 704. The molecule has 2 nitrogen and oxygen atoms in total. The zero-order valence-electron chi connectivity index (χ0n) is 12.4. The first kappa shape index (κ1) is 14.1. The van der Waals surface area contributed by atoms with Crippen LogP contribution in [-0.4, -0.2) is 0 Å². The summed E-state index contributed by atoms with van der Waals surface area (Å²) in [5.41, 5.74) is -0.0309. The van der Waals surface area contributed by atoms with E-state index >= 15 is 0 Å². The van der Waals surface area contributed by atoms with Gasteiger partial charge in [-0.05, 0) is 30.3 Å². The van der Waals surface area contributed by atoms with Crippen LogP contribution in [0.4, 0.5) is 0 Å². The highest BCUT2D eigenvalue weighted by molar-refractivity contribution is 7.99. The molecule has 0 saturated heterocycles. The van der Waals surface area contributed by atoms with Crippen molar-refractivity contribution in [2.75, 3.05) is 0 Å². The molecule has 2 aromatic heterocycles. The van der Waals surface area contributed by atoms with Gasteiger partial charge in [0.25, 0.3) is 0 Å². The van der Waals surface area contributed by atoms with E-state index in [1.165, 1.54) is 4.90 Å². The minimum absolute atomic E-state index is 0.0309. The Hall–Kier alpha value is -1.87. The van der Waals surface area contributed by atoms with E-state index in [0.717, 1.165) is 22.2 Å². The molecule has 3 heteroatoms. The molecule has 0 N–H and O–H groups in total. The first-order chi connectivity index (χ1) is 10.0. The van der Waals surface area contributed by atoms with E-state index in [1.54, 1.807) is 18.0 Å². The van der Waals surface area contributed by atoms with Crippen LogP contribution in [0.5, 0.6) is 0 Å². The van der Waals surface area contributed by atoms with Gasteiger partial charge in [0, 0.05) is 10.3 Å². The first-order valence-electron chi connectivity index (χ1n) is 6.95. The van der Waals surface area contributed by atoms with Crippen molar-refractivity contribution in [3.8, 4) is 11.5 Å². The predicted molar refractivity (Wildman–Crippen MR) is 85.7 cm³/mol. The number of hydrogen-bond acceptors (Lipinski definition) is 3. The Morgan fingerprint density at radius 3 is 2.33 bits per heavy atom. The van der Waals surface area contributed by atoms with Crippen molar-refractivity contribution in [1.82, 2.24) is 0 Å². The second-order valence-electron chi connectivity index (χ2n) is 5.95. The molecule has 0 bridgehead atoms. The van der Waals surface area contributed by atoms with Gasteiger partial charge in [0.15, 0.2) is 11.5 Å². The summed E-state index contributed by atoms with van der Waals surface area (Å²) >= 11 is 1.70. The third-order valence-corrected chi connectivity index (χ3v) is 4.18. The van der Waals surface area contributed by atoms with E-state index < -0.39 is 0 Å². The van der Waals surface area contributed by atoms with Crippen molar-refractivity contribution in [3.63, 3.8) is 0 Å². The largest absolute Gasteiger partial charge is 0.461 e. The average molecular weight is 298 g/mol. The van der Waals surface area contributed by atoms with Crippen LogP contribution < -0.4 is 0 Å². The predicted octanol–water partition coefficient (Wildman–Crippen LogP) is 5.99. The summed E-state index contributed by atoms with van der Waals surface area (Å²) in [5, 5.41) is 0. The Morgan fingerprint density at radius 1 is 0.952 bits per heavy atom. The van der Waals surface area contributed by atoms with E-state index in [-0.39, 0.29) is 5.41 Å². The van der Waals surface area contributed by atoms with Crippen LogP contribution in [0.2, 0.25) is 0 Å². The molecule has 0 aliphatic rings. The molecule has 0 spiro atoms. The second-order valence-corrected chi connectivity index (χ2v) is 7.06. The van der Waals surface area contributed by atoms with E-state index in [9.17, 15) is 0 Å². The second kappa shape index (κ2) is 5.49. The van der Waals surface area contributed by atoms with Gasteiger partial charge >= 0.3 is 0 Å². The van der Waals surface area contributed by atoms with Crippen LogP contribution in [0, 0.1) is 0 Å². The summed E-state index contributed by atoms with van der Waals surface area (Å²) in [5.74, 6) is 2.54. The monoisotopic (exact) mass is 298 g/mol. The molecule has 0 atom stereocenters. The van der Waals surface area contributed by atoms with E-state index in [0.29, 0.717) is 0 Å². The number of rotatable bonds is 3. The van der Waals surface area contributed by atoms with Crippen LogP contribution in [0.15, 0.2) is 73.4 Å². The van der Waals surface area contributed by atoms with Crippen molar-refractivity contribution in [2.45, 2.75) is 36.0 Å². The molecular formula is C18H18O2S. The Balaban J connectivity index is 2.03. The fourth-order valence-electron chi connectivity index (χ4n) is 2.01. The lowest BCUT2D eigenvalue weighted by Crippen LogP contribution is -2.09. The molecule has 3 rings (SSSR count). The number of benzene rings is 1. The van der Waals surface area contributed by atoms with Crippen LogP contribution in [0.25, 0.3) is 11.5 Å². The summed E-state index contributed by atoms with van der Waals surface area (Å²) in [6.45, 7) is 6.44. The third-order valence-electron chi connectivity index (χ3n) is 3.15. The SMILES string of the molecule is CC(C)(C)c1cc(Sc2ccccc2)c(-c2ccco2)o1. The lowest BCUT2D eigenvalue weighted by atomic mass is 9.94. The number of hydrogen-bond donors (Lipinski definition) is 0. The summed E-state index contributed by atoms with van der Waals surface area (Å²) in [6.07, 6.45) is 1.67. The molecular weight excluding hydrogens is 280 g/mol. The minimum Gasteiger partial charge on any atom is -0.461 e. The van der Waals surface area contributed by atoms with Crippen LogP contribution in [0.3, 0.4) is 0 Å². The third kappa shape index (κ3) is 3.08. The summed E-state index contributed by atoms with van der Waals surface area (Å²) in [6, 6.07) is 16.2. The van der Waals surface area contributed by atoms with Gasteiger partial charge in [-0.25, -0.2) is 0 Å². The van der Waals surface area contributed by atoms with E-state index in [4.69, 9.17) is 8.83 Å². The van der Waals surface area contributed by atoms with Crippen molar-refractivity contribution >= 4 is 11.8 Å². The maximum absolute atomic E-state index is 6.08. The van der Waals surface area contributed by atoms with Gasteiger partial charge in [-0.1, -0.05) is 50.7 Å². The summed E-state index contributed by atoms with van der Waals surface area (Å²) in [7, 11) is 0. The van der Waals surface area contributed by atoms with Gasteiger partial charge in [-0.3, -0.25) is 0 Å². The lowest BCUT2D eigenvalue weighted by Gasteiger charge is -2.13. The Morgan fingerprint density at radius 2 is 1.71 bits per heavy atom. The molecule has 0 amide bonds. The van der Waals surface area contributed by atoms with Gasteiger partial charge in [0.05, 0.1) is 11.2 Å². The normalized spacial score (nSPS) is 11.8. The van der Waals surface area contributed by atoms with Gasteiger partial charge < -0.3 is 8.83 Å². The van der Waals surface area contributed by atoms with E-state index in [2.05, 4.69) is 39.0 Å². The maximum Gasteiger partial charge on any atom is 0.183 e. The van der Waals surface area contributed by atoms with Crippen LogP contribution >= 0.6 is 11.8 Å². The molecule has 0 aliphatic heterocycles. The number of furan rings is 2. The highest BCUT2D eigenvalue weighted by Gasteiger charge is 2.24. The Kier molecular flexibility index (Phi) is 3.68. The first-order valence-corrected chi connectivity index (χ1v) is 7.77. The summed E-state index contributed by atoms with van der Waals surface area (Å²) in [4.78, 5) is 2.27. The van der Waals surface area contributed by atoms with Crippen LogP contribution in [0.1, 0.15) is 26.5 Å². The van der Waals surface area contributed by atoms with Crippen LogP contribution in [-0.2, 0) is 5.41 Å². The maximum atomic E-state index is 6.08. The van der Waals surface area contributed by atoms with Crippen molar-refractivity contribution in [1.29, 1.82) is 0 Å². The molecule has 0 saturated carbocycles. The standard InChI is InChI=1S/C18H18O2S/c1-18(2,3)16-12-15(21-13-8-5-4-6-9-13)17(20-16)14-10-7-11-19-14/h4-12H,1-3H3. The quantitative estimate of drug-likeness (QED) is 0.594.